The van der Waals surface area contributed by atoms with Crippen LogP contribution in [0.15, 0.2) is 29.0 Å². The fraction of sp³-hybridized carbons (Fsp3) is 0.231. The average molecular weight is 342 g/mol. The zero-order valence-electron chi connectivity index (χ0n) is 10.7. The number of hydrogen-bond acceptors (Lipinski definition) is 4. The largest absolute Gasteiger partial charge is 0.373 e. The molecule has 1 aromatic carbocycles. The van der Waals surface area contributed by atoms with Crippen LogP contribution in [0.25, 0.3) is 0 Å². The summed E-state index contributed by atoms with van der Waals surface area (Å²) in [6.07, 6.45) is 2.36. The van der Waals surface area contributed by atoms with E-state index in [1.165, 1.54) is 6.33 Å². The second-order valence-electron chi connectivity index (χ2n) is 3.90. The van der Waals surface area contributed by atoms with Crippen molar-refractivity contribution in [3.8, 4) is 0 Å². The summed E-state index contributed by atoms with van der Waals surface area (Å²) in [5.41, 5.74) is 1.92. The van der Waals surface area contributed by atoms with Crippen LogP contribution in [0.2, 0.25) is 5.02 Å². The molecule has 4 nitrogen and oxygen atoms in total. The van der Waals surface area contributed by atoms with Gasteiger partial charge in [0.15, 0.2) is 0 Å². The number of nitrogens with one attached hydrogen (secondary N) is 2. The van der Waals surface area contributed by atoms with E-state index < -0.39 is 0 Å². The summed E-state index contributed by atoms with van der Waals surface area (Å²) in [5, 5.41) is 7.03. The Bertz CT molecular complexity index is 589. The maximum Gasteiger partial charge on any atom is 0.139 e. The maximum atomic E-state index is 6.01. The molecule has 2 rings (SSSR count). The van der Waals surface area contributed by atoms with Gasteiger partial charge in [-0.25, -0.2) is 9.97 Å². The molecule has 0 aliphatic rings. The molecule has 0 atom stereocenters. The molecule has 0 spiro atoms. The van der Waals surface area contributed by atoms with Crippen LogP contribution in [0.4, 0.5) is 17.3 Å². The minimum Gasteiger partial charge on any atom is -0.373 e. The van der Waals surface area contributed by atoms with Crippen molar-refractivity contribution in [3.05, 3.63) is 39.6 Å². The van der Waals surface area contributed by atoms with E-state index in [9.17, 15) is 0 Å². The smallest absolute Gasteiger partial charge is 0.139 e. The summed E-state index contributed by atoms with van der Waals surface area (Å²) < 4.78 is 0.934. The first kappa shape index (κ1) is 14.1. The summed E-state index contributed by atoms with van der Waals surface area (Å²) >= 11 is 9.50. The van der Waals surface area contributed by atoms with Crippen molar-refractivity contribution in [2.75, 3.05) is 17.7 Å². The molecule has 2 aromatic rings. The Labute approximate surface area is 125 Å². The number of hydrogen-bond donors (Lipinski definition) is 2. The molecule has 1 heterocycles. The Morgan fingerprint density at radius 3 is 2.68 bits per heavy atom. The molecule has 0 amide bonds. The summed E-state index contributed by atoms with van der Waals surface area (Å²) in [4.78, 5) is 8.51. The molecular formula is C13H14BrClN4. The van der Waals surface area contributed by atoms with E-state index in [-0.39, 0.29) is 0 Å². The molecule has 0 radical (unpaired) electrons. The first-order valence-electron chi connectivity index (χ1n) is 5.89. The van der Waals surface area contributed by atoms with Gasteiger partial charge in [0, 0.05) is 22.1 Å². The second-order valence-corrected chi connectivity index (χ2v) is 5.19. The van der Waals surface area contributed by atoms with Gasteiger partial charge >= 0.3 is 0 Å². The van der Waals surface area contributed by atoms with Gasteiger partial charge in [-0.05, 0) is 40.5 Å². The van der Waals surface area contributed by atoms with E-state index in [1.54, 1.807) is 0 Å². The maximum absolute atomic E-state index is 6.01. The van der Waals surface area contributed by atoms with Gasteiger partial charge in [-0.3, -0.25) is 0 Å². The molecule has 0 unspecified atom stereocenters. The number of aromatic nitrogens is 2. The molecule has 0 saturated carbocycles. The van der Waals surface area contributed by atoms with Crippen LogP contribution in [0, 0.1) is 0 Å². The highest BCUT2D eigenvalue weighted by molar-refractivity contribution is 9.10. The lowest BCUT2D eigenvalue weighted by atomic mass is 10.2. The van der Waals surface area contributed by atoms with Gasteiger partial charge < -0.3 is 10.6 Å². The highest BCUT2D eigenvalue weighted by atomic mass is 79.9. The Hall–Kier alpha value is -1.33. The minimum atomic E-state index is 0.673. The normalized spacial score (nSPS) is 10.3. The Morgan fingerprint density at radius 2 is 2.00 bits per heavy atom. The van der Waals surface area contributed by atoms with Gasteiger partial charge in [0.25, 0.3) is 0 Å². The van der Waals surface area contributed by atoms with Crippen molar-refractivity contribution >= 4 is 44.9 Å². The van der Waals surface area contributed by atoms with Gasteiger partial charge in [0.1, 0.15) is 18.0 Å². The van der Waals surface area contributed by atoms with Crippen molar-refractivity contribution in [2.45, 2.75) is 13.3 Å². The van der Waals surface area contributed by atoms with Gasteiger partial charge in [0.2, 0.25) is 0 Å². The quantitative estimate of drug-likeness (QED) is 0.873. The predicted octanol–water partition coefficient (Wildman–Crippen LogP) is 4.24. The summed E-state index contributed by atoms with van der Waals surface area (Å²) in [7, 11) is 1.85. The van der Waals surface area contributed by atoms with Crippen LogP contribution in [0.5, 0.6) is 0 Å². The lowest BCUT2D eigenvalue weighted by Crippen LogP contribution is -2.05. The van der Waals surface area contributed by atoms with Gasteiger partial charge in [0.05, 0.1) is 5.69 Å². The zero-order valence-corrected chi connectivity index (χ0v) is 13.0. The van der Waals surface area contributed by atoms with Crippen molar-refractivity contribution in [1.29, 1.82) is 0 Å². The van der Waals surface area contributed by atoms with E-state index >= 15 is 0 Å². The Morgan fingerprint density at radius 1 is 1.26 bits per heavy atom. The number of nitrogens with zero attached hydrogens (tertiary/aromatic N) is 2. The summed E-state index contributed by atoms with van der Waals surface area (Å²) in [5.74, 6) is 1.61. The van der Waals surface area contributed by atoms with Crippen molar-refractivity contribution in [2.24, 2.45) is 0 Å². The van der Waals surface area contributed by atoms with Gasteiger partial charge in [-0.1, -0.05) is 18.5 Å². The Kier molecular flexibility index (Phi) is 4.61. The first-order valence-corrected chi connectivity index (χ1v) is 7.06. The van der Waals surface area contributed by atoms with Crippen molar-refractivity contribution in [1.82, 2.24) is 9.97 Å². The van der Waals surface area contributed by atoms with E-state index in [1.807, 2.05) is 25.2 Å². The third kappa shape index (κ3) is 3.16. The monoisotopic (exact) mass is 340 g/mol. The highest BCUT2D eigenvalue weighted by Crippen LogP contribution is 2.30. The Balaban J connectivity index is 2.40. The summed E-state index contributed by atoms with van der Waals surface area (Å²) in [6.45, 7) is 2.07. The lowest BCUT2D eigenvalue weighted by Gasteiger charge is -2.14. The van der Waals surface area contributed by atoms with E-state index in [0.29, 0.717) is 5.02 Å². The van der Waals surface area contributed by atoms with Crippen molar-refractivity contribution < 1.29 is 0 Å². The number of benzene rings is 1. The third-order valence-electron chi connectivity index (χ3n) is 2.72. The molecule has 0 bridgehead atoms. The zero-order chi connectivity index (χ0) is 13.8. The standard InChI is InChI=1S/C13H14BrClN4/c1-3-9-12(16-2)17-7-18-13(9)19-11-6-8(15)4-5-10(11)14/h4-7H,3H2,1-2H3,(H2,16,17,18,19). The van der Waals surface area contributed by atoms with Crippen LogP contribution >= 0.6 is 27.5 Å². The lowest BCUT2D eigenvalue weighted by molar-refractivity contribution is 1.05. The van der Waals surface area contributed by atoms with Crippen molar-refractivity contribution in [3.63, 3.8) is 0 Å². The molecule has 2 N–H and O–H groups in total. The van der Waals surface area contributed by atoms with Gasteiger partial charge in [-0.15, -0.1) is 0 Å². The first-order chi connectivity index (χ1) is 9.15. The van der Waals surface area contributed by atoms with Crippen LogP contribution in [-0.2, 0) is 6.42 Å². The molecule has 0 aliphatic heterocycles. The fourth-order valence-electron chi connectivity index (χ4n) is 1.79. The molecule has 0 fully saturated rings. The highest BCUT2D eigenvalue weighted by Gasteiger charge is 2.10. The number of halogens is 2. The second kappa shape index (κ2) is 6.21. The molecule has 100 valence electrons. The summed E-state index contributed by atoms with van der Waals surface area (Å²) in [6, 6.07) is 5.58. The predicted molar refractivity (Wildman–Crippen MR) is 83.4 cm³/mol. The molecule has 0 saturated heterocycles. The van der Waals surface area contributed by atoms with Crippen LogP contribution in [0.1, 0.15) is 12.5 Å². The SMILES string of the molecule is CCc1c(NC)ncnc1Nc1cc(Cl)ccc1Br. The molecule has 6 heteroatoms. The van der Waals surface area contributed by atoms with E-state index in [4.69, 9.17) is 11.6 Å². The topological polar surface area (TPSA) is 49.8 Å². The van der Waals surface area contributed by atoms with E-state index in [2.05, 4.69) is 43.5 Å². The molecule has 19 heavy (non-hydrogen) atoms. The van der Waals surface area contributed by atoms with E-state index in [0.717, 1.165) is 33.8 Å². The fourth-order valence-corrected chi connectivity index (χ4v) is 2.31. The average Bonchev–Trinajstić information content (AvgIpc) is 2.42. The molecule has 0 aliphatic carbocycles. The van der Waals surface area contributed by atoms with Crippen LogP contribution in [-0.4, -0.2) is 17.0 Å². The third-order valence-corrected chi connectivity index (χ3v) is 3.64. The minimum absolute atomic E-state index is 0.673. The number of rotatable bonds is 4. The van der Waals surface area contributed by atoms with Crippen LogP contribution in [0.3, 0.4) is 0 Å². The van der Waals surface area contributed by atoms with Crippen LogP contribution < -0.4 is 10.6 Å². The van der Waals surface area contributed by atoms with Gasteiger partial charge in [-0.2, -0.15) is 0 Å². The molecule has 1 aromatic heterocycles. The molecular weight excluding hydrogens is 328 g/mol. The number of anilines is 3.